The molecule has 2 aromatic rings. The molecule has 2 rings (SSSR count). The van der Waals surface area contributed by atoms with Gasteiger partial charge in [0.15, 0.2) is 0 Å². The smallest absolute Gasteiger partial charge is 0.346 e. The Balaban J connectivity index is 2.39. The molecule has 5 nitrogen and oxygen atoms in total. The Morgan fingerprint density at radius 3 is 2.71 bits per heavy atom. The fraction of sp³-hybridized carbons (Fsp3) is 0.364. The van der Waals surface area contributed by atoms with E-state index in [1.54, 1.807) is 0 Å². The normalized spacial score (nSPS) is 12.1. The lowest BCUT2D eigenvalue weighted by molar-refractivity contribution is -0.117. The number of halogens is 4. The lowest BCUT2D eigenvalue weighted by atomic mass is 10.2. The Hall–Kier alpha value is -1.97. The number of carboxylic acid groups (broad SMARTS) is 1. The van der Waals surface area contributed by atoms with Crippen LogP contribution in [0.25, 0.3) is 10.2 Å². The highest BCUT2D eigenvalue weighted by Crippen LogP contribution is 2.33. The van der Waals surface area contributed by atoms with Gasteiger partial charge in [0.2, 0.25) is 0 Å². The van der Waals surface area contributed by atoms with Crippen molar-refractivity contribution in [2.75, 3.05) is 11.9 Å². The average molecular weight is 323 g/mol. The maximum atomic E-state index is 12.9. The first-order valence-electron chi connectivity index (χ1n) is 5.61. The molecule has 21 heavy (non-hydrogen) atoms. The van der Waals surface area contributed by atoms with Crippen molar-refractivity contribution < 1.29 is 27.5 Å². The second kappa shape index (κ2) is 5.43. The molecule has 2 aromatic heterocycles. The number of aromatic carboxylic acids is 1. The Morgan fingerprint density at radius 1 is 1.48 bits per heavy atom. The average Bonchev–Trinajstić information content (AvgIpc) is 2.74. The van der Waals surface area contributed by atoms with Crippen LogP contribution < -0.4 is 5.32 Å². The number of nitrogens with one attached hydrogen (secondary N) is 1. The van der Waals surface area contributed by atoms with Crippen LogP contribution in [0, 0.1) is 6.92 Å². The van der Waals surface area contributed by atoms with Crippen LogP contribution in [0.5, 0.6) is 0 Å². The van der Waals surface area contributed by atoms with Crippen molar-refractivity contribution in [1.29, 1.82) is 0 Å². The number of fused-ring (bicyclic) bond motifs is 1. The molecule has 2 N–H and O–H groups in total. The van der Waals surface area contributed by atoms with Gasteiger partial charge in [0.25, 0.3) is 0 Å². The fourth-order valence-corrected chi connectivity index (χ4v) is 2.68. The molecular formula is C11H9F4N3O2S. The summed E-state index contributed by atoms with van der Waals surface area (Å²) in [6.07, 6.45) is -2.76. The molecule has 0 amide bonds. The van der Waals surface area contributed by atoms with E-state index in [1.807, 2.05) is 0 Å². The van der Waals surface area contributed by atoms with Crippen LogP contribution in [0.2, 0.25) is 0 Å². The third kappa shape index (κ3) is 2.89. The minimum atomic E-state index is -4.21. The van der Waals surface area contributed by atoms with E-state index in [9.17, 15) is 22.4 Å². The summed E-state index contributed by atoms with van der Waals surface area (Å²) in [6, 6.07) is 0. The molecule has 0 aromatic carbocycles. The van der Waals surface area contributed by atoms with Gasteiger partial charge in [-0.3, -0.25) is 0 Å². The molecular weight excluding hydrogens is 314 g/mol. The Morgan fingerprint density at radius 2 is 2.14 bits per heavy atom. The quantitative estimate of drug-likeness (QED) is 0.827. The Bertz CT molecular complexity index is 689. The van der Waals surface area contributed by atoms with E-state index in [1.165, 1.54) is 6.92 Å². The van der Waals surface area contributed by atoms with E-state index in [0.29, 0.717) is 5.56 Å². The molecule has 0 bridgehead atoms. The number of carboxylic acids is 1. The van der Waals surface area contributed by atoms with E-state index in [-0.39, 0.29) is 20.9 Å². The molecule has 0 atom stereocenters. The highest BCUT2D eigenvalue weighted by Gasteiger charge is 2.40. The lowest BCUT2D eigenvalue weighted by Gasteiger charge is -2.16. The highest BCUT2D eigenvalue weighted by atomic mass is 32.1. The number of hydrogen-bond donors (Lipinski definition) is 2. The molecule has 0 unspecified atom stereocenters. The Labute approximate surface area is 119 Å². The molecule has 0 aliphatic rings. The second-order valence-electron chi connectivity index (χ2n) is 4.18. The number of hydrogen-bond acceptors (Lipinski definition) is 5. The summed E-state index contributed by atoms with van der Waals surface area (Å²) in [4.78, 5) is 18.9. The largest absolute Gasteiger partial charge is 0.477 e. The highest BCUT2D eigenvalue weighted by molar-refractivity contribution is 7.20. The van der Waals surface area contributed by atoms with Gasteiger partial charge >= 0.3 is 18.3 Å². The zero-order chi connectivity index (χ0) is 15.8. The van der Waals surface area contributed by atoms with Gasteiger partial charge < -0.3 is 10.4 Å². The van der Waals surface area contributed by atoms with Crippen molar-refractivity contribution in [2.45, 2.75) is 19.3 Å². The monoisotopic (exact) mass is 323 g/mol. The molecule has 10 heteroatoms. The topological polar surface area (TPSA) is 75.1 Å². The van der Waals surface area contributed by atoms with Crippen molar-refractivity contribution in [3.63, 3.8) is 0 Å². The standard InChI is InChI=1S/C11H9F4N3O2S/c1-4-5-7(16-2-11(14,15)10(12)13)17-3-18-8(5)21-6(4)9(19)20/h3,10H,2H2,1H3,(H,19,20)(H,16,17,18). The van der Waals surface area contributed by atoms with E-state index in [2.05, 4.69) is 15.3 Å². The summed E-state index contributed by atoms with van der Waals surface area (Å²) in [6.45, 7) is 0.163. The summed E-state index contributed by atoms with van der Waals surface area (Å²) < 4.78 is 50.1. The van der Waals surface area contributed by atoms with Crippen molar-refractivity contribution >= 4 is 33.3 Å². The van der Waals surface area contributed by atoms with E-state index in [0.717, 1.165) is 17.7 Å². The second-order valence-corrected chi connectivity index (χ2v) is 5.18. The molecule has 0 aliphatic heterocycles. The van der Waals surface area contributed by atoms with Gasteiger partial charge in [-0.15, -0.1) is 11.3 Å². The Kier molecular flexibility index (Phi) is 3.99. The van der Waals surface area contributed by atoms with Crippen LogP contribution in [-0.4, -0.2) is 39.9 Å². The first-order valence-corrected chi connectivity index (χ1v) is 6.43. The molecule has 0 saturated carbocycles. The minimum Gasteiger partial charge on any atom is -0.477 e. The van der Waals surface area contributed by atoms with Crippen molar-refractivity contribution in [2.24, 2.45) is 0 Å². The number of rotatable bonds is 5. The predicted molar refractivity (Wildman–Crippen MR) is 68.6 cm³/mol. The maximum Gasteiger partial charge on any atom is 0.346 e. The van der Waals surface area contributed by atoms with E-state index < -0.39 is 24.9 Å². The van der Waals surface area contributed by atoms with Crippen molar-refractivity contribution in [3.05, 3.63) is 16.8 Å². The molecule has 0 spiro atoms. The minimum absolute atomic E-state index is 0.00540. The third-order valence-electron chi connectivity index (χ3n) is 2.73. The first-order chi connectivity index (χ1) is 9.74. The summed E-state index contributed by atoms with van der Waals surface area (Å²) in [5.41, 5.74) is 0.297. The molecule has 0 saturated heterocycles. The lowest BCUT2D eigenvalue weighted by Crippen LogP contribution is -2.35. The van der Waals surface area contributed by atoms with Crippen LogP contribution in [-0.2, 0) is 0 Å². The van der Waals surface area contributed by atoms with Crippen LogP contribution in [0.1, 0.15) is 15.2 Å². The number of thiophene rings is 1. The molecule has 0 radical (unpaired) electrons. The first kappa shape index (κ1) is 15.4. The van der Waals surface area contributed by atoms with Crippen LogP contribution >= 0.6 is 11.3 Å². The van der Waals surface area contributed by atoms with Gasteiger partial charge in [0.1, 0.15) is 21.9 Å². The van der Waals surface area contributed by atoms with Crippen LogP contribution in [0.4, 0.5) is 23.4 Å². The van der Waals surface area contributed by atoms with Crippen molar-refractivity contribution in [3.8, 4) is 0 Å². The van der Waals surface area contributed by atoms with Gasteiger partial charge in [-0.2, -0.15) is 8.78 Å². The number of anilines is 1. The van der Waals surface area contributed by atoms with Gasteiger partial charge in [-0.1, -0.05) is 0 Å². The van der Waals surface area contributed by atoms with Crippen LogP contribution in [0.3, 0.4) is 0 Å². The number of carbonyl (C=O) groups is 1. The SMILES string of the molecule is Cc1c(C(=O)O)sc2ncnc(NCC(F)(F)C(F)F)c12. The van der Waals surface area contributed by atoms with E-state index in [4.69, 9.17) is 5.11 Å². The van der Waals surface area contributed by atoms with Gasteiger partial charge in [-0.05, 0) is 12.5 Å². The summed E-state index contributed by atoms with van der Waals surface area (Å²) in [5, 5.41) is 11.4. The summed E-state index contributed by atoms with van der Waals surface area (Å²) in [5.74, 6) is -5.49. The number of alkyl halides is 4. The fourth-order valence-electron chi connectivity index (χ4n) is 1.69. The summed E-state index contributed by atoms with van der Waals surface area (Å²) in [7, 11) is 0. The number of nitrogens with zero attached hydrogens (tertiary/aromatic N) is 2. The third-order valence-corrected chi connectivity index (χ3v) is 3.92. The summed E-state index contributed by atoms with van der Waals surface area (Å²) >= 11 is 0.860. The molecule has 0 aliphatic carbocycles. The number of aromatic nitrogens is 2. The zero-order valence-electron chi connectivity index (χ0n) is 10.5. The maximum absolute atomic E-state index is 12.9. The van der Waals surface area contributed by atoms with Gasteiger partial charge in [0, 0.05) is 0 Å². The number of aryl methyl sites for hydroxylation is 1. The van der Waals surface area contributed by atoms with Crippen LogP contribution in [0.15, 0.2) is 6.33 Å². The zero-order valence-corrected chi connectivity index (χ0v) is 11.3. The molecule has 0 fully saturated rings. The van der Waals surface area contributed by atoms with E-state index >= 15 is 0 Å². The predicted octanol–water partition coefficient (Wildman–Crippen LogP) is 3.01. The molecule has 2 heterocycles. The van der Waals surface area contributed by atoms with Crippen molar-refractivity contribution in [1.82, 2.24) is 9.97 Å². The van der Waals surface area contributed by atoms with Gasteiger partial charge in [0.05, 0.1) is 11.9 Å². The van der Waals surface area contributed by atoms with Gasteiger partial charge in [-0.25, -0.2) is 23.5 Å². The molecule has 114 valence electrons.